The second-order valence-corrected chi connectivity index (χ2v) is 6.16. The Bertz CT molecular complexity index is 833. The number of aromatic nitrogens is 1. The van der Waals surface area contributed by atoms with Gasteiger partial charge in [0.25, 0.3) is 0 Å². The topological polar surface area (TPSA) is 37.0 Å². The highest BCUT2D eigenvalue weighted by atomic mass is 16.5. The fourth-order valence-electron chi connectivity index (χ4n) is 3.58. The van der Waals surface area contributed by atoms with E-state index in [1.165, 1.54) is 33.3 Å². The number of nitrogens with one attached hydrogen (secondary N) is 2. The van der Waals surface area contributed by atoms with Crippen LogP contribution in [-0.2, 0) is 12.8 Å². The van der Waals surface area contributed by atoms with Gasteiger partial charge in [0, 0.05) is 23.1 Å². The van der Waals surface area contributed by atoms with Gasteiger partial charge < -0.3 is 15.0 Å². The van der Waals surface area contributed by atoms with Crippen LogP contribution >= 0.6 is 0 Å². The summed E-state index contributed by atoms with van der Waals surface area (Å²) in [5.41, 5.74) is 6.70. The van der Waals surface area contributed by atoms with Crippen molar-refractivity contribution < 1.29 is 4.74 Å². The third-order valence-electron chi connectivity index (χ3n) is 4.87. The van der Waals surface area contributed by atoms with E-state index in [1.807, 2.05) is 12.1 Å². The van der Waals surface area contributed by atoms with Crippen LogP contribution in [0.15, 0.2) is 42.5 Å². The fourth-order valence-corrected chi connectivity index (χ4v) is 3.58. The van der Waals surface area contributed by atoms with Gasteiger partial charge >= 0.3 is 0 Å². The van der Waals surface area contributed by atoms with Crippen molar-refractivity contribution in [1.82, 2.24) is 10.3 Å². The van der Waals surface area contributed by atoms with Crippen molar-refractivity contribution >= 4 is 10.9 Å². The third kappa shape index (κ3) is 2.41. The predicted molar refractivity (Wildman–Crippen MR) is 94.2 cm³/mol. The number of fused-ring (bicyclic) bond motifs is 3. The molecule has 3 heteroatoms. The van der Waals surface area contributed by atoms with Crippen LogP contribution in [0, 0.1) is 0 Å². The Morgan fingerprint density at radius 2 is 1.96 bits per heavy atom. The summed E-state index contributed by atoms with van der Waals surface area (Å²) in [7, 11) is 1.70. The molecule has 0 saturated carbocycles. The first-order valence-electron chi connectivity index (χ1n) is 8.31. The van der Waals surface area contributed by atoms with Gasteiger partial charge in [-0.2, -0.15) is 0 Å². The average molecular weight is 306 g/mol. The maximum atomic E-state index is 5.27. The van der Waals surface area contributed by atoms with E-state index in [-0.39, 0.29) is 6.04 Å². The van der Waals surface area contributed by atoms with Crippen molar-refractivity contribution in [2.45, 2.75) is 25.8 Å². The van der Waals surface area contributed by atoms with Gasteiger partial charge in [0.05, 0.1) is 13.2 Å². The maximum absolute atomic E-state index is 5.27. The number of ether oxygens (including phenoxy) is 1. The Kier molecular flexibility index (Phi) is 3.58. The maximum Gasteiger partial charge on any atom is 0.118 e. The molecule has 2 aromatic carbocycles. The molecular weight excluding hydrogens is 284 g/mol. The summed E-state index contributed by atoms with van der Waals surface area (Å²) in [6.07, 6.45) is 2.16. The molecule has 0 bridgehead atoms. The molecule has 1 unspecified atom stereocenters. The van der Waals surface area contributed by atoms with Crippen molar-refractivity contribution in [3.05, 3.63) is 64.8 Å². The minimum Gasteiger partial charge on any atom is -0.497 e. The molecule has 2 N–H and O–H groups in total. The summed E-state index contributed by atoms with van der Waals surface area (Å²) in [5, 5.41) is 5.03. The zero-order chi connectivity index (χ0) is 15.8. The molecule has 1 aliphatic rings. The lowest BCUT2D eigenvalue weighted by Crippen LogP contribution is -2.30. The summed E-state index contributed by atoms with van der Waals surface area (Å²) < 4.78 is 5.27. The molecule has 2 heterocycles. The van der Waals surface area contributed by atoms with Crippen molar-refractivity contribution in [3.8, 4) is 5.75 Å². The summed E-state index contributed by atoms with van der Waals surface area (Å²) in [4.78, 5) is 3.65. The Labute approximate surface area is 136 Å². The molecule has 3 nitrogen and oxygen atoms in total. The monoisotopic (exact) mass is 306 g/mol. The number of aryl methyl sites for hydroxylation is 1. The smallest absolute Gasteiger partial charge is 0.118 e. The number of hydrogen-bond acceptors (Lipinski definition) is 2. The fraction of sp³-hybridized carbons (Fsp3) is 0.300. The average Bonchev–Trinajstić information content (AvgIpc) is 2.99. The summed E-state index contributed by atoms with van der Waals surface area (Å²) in [6, 6.07) is 15.4. The van der Waals surface area contributed by atoms with Crippen LogP contribution < -0.4 is 10.1 Å². The summed E-state index contributed by atoms with van der Waals surface area (Å²) >= 11 is 0. The number of hydrogen-bond donors (Lipinski definition) is 2. The van der Waals surface area contributed by atoms with E-state index in [4.69, 9.17) is 4.74 Å². The zero-order valence-electron chi connectivity index (χ0n) is 13.6. The number of rotatable bonds is 3. The van der Waals surface area contributed by atoms with E-state index in [0.717, 1.165) is 25.1 Å². The van der Waals surface area contributed by atoms with Gasteiger partial charge in [-0.25, -0.2) is 0 Å². The van der Waals surface area contributed by atoms with Crippen LogP contribution in [0.25, 0.3) is 10.9 Å². The van der Waals surface area contributed by atoms with Crippen molar-refractivity contribution in [2.75, 3.05) is 13.7 Å². The lowest BCUT2D eigenvalue weighted by atomic mass is 9.94. The third-order valence-corrected chi connectivity index (χ3v) is 4.87. The lowest BCUT2D eigenvalue weighted by molar-refractivity contribution is 0.414. The van der Waals surface area contributed by atoms with E-state index in [9.17, 15) is 0 Å². The van der Waals surface area contributed by atoms with Crippen molar-refractivity contribution in [3.63, 3.8) is 0 Å². The number of H-pyrrole nitrogens is 1. The highest BCUT2D eigenvalue weighted by molar-refractivity contribution is 5.86. The van der Waals surface area contributed by atoms with Crippen LogP contribution in [0.1, 0.15) is 35.3 Å². The van der Waals surface area contributed by atoms with Gasteiger partial charge in [-0.3, -0.25) is 0 Å². The van der Waals surface area contributed by atoms with Crippen molar-refractivity contribution in [1.29, 1.82) is 0 Å². The molecule has 0 spiro atoms. The zero-order valence-corrected chi connectivity index (χ0v) is 13.6. The van der Waals surface area contributed by atoms with Crippen LogP contribution in [0.3, 0.4) is 0 Å². The highest BCUT2D eigenvalue weighted by Gasteiger charge is 2.25. The van der Waals surface area contributed by atoms with E-state index in [1.54, 1.807) is 7.11 Å². The highest BCUT2D eigenvalue weighted by Crippen LogP contribution is 2.34. The lowest BCUT2D eigenvalue weighted by Gasteiger charge is -2.25. The molecule has 0 saturated heterocycles. The molecule has 23 heavy (non-hydrogen) atoms. The van der Waals surface area contributed by atoms with Gasteiger partial charge in [0.2, 0.25) is 0 Å². The Morgan fingerprint density at radius 3 is 2.70 bits per heavy atom. The molecule has 0 fully saturated rings. The molecule has 0 radical (unpaired) electrons. The van der Waals surface area contributed by atoms with E-state index < -0.39 is 0 Å². The quantitative estimate of drug-likeness (QED) is 0.768. The van der Waals surface area contributed by atoms with Gasteiger partial charge in [0.15, 0.2) is 0 Å². The van der Waals surface area contributed by atoms with Gasteiger partial charge in [-0.15, -0.1) is 0 Å². The Morgan fingerprint density at radius 1 is 1.13 bits per heavy atom. The minimum absolute atomic E-state index is 0.224. The first kappa shape index (κ1) is 14.3. The van der Waals surface area contributed by atoms with Gasteiger partial charge in [-0.05, 0) is 53.8 Å². The van der Waals surface area contributed by atoms with Crippen LogP contribution in [0.5, 0.6) is 5.75 Å². The molecule has 4 rings (SSSR count). The molecule has 118 valence electrons. The largest absolute Gasteiger partial charge is 0.497 e. The summed E-state index contributed by atoms with van der Waals surface area (Å²) in [6.45, 7) is 3.22. The molecule has 3 aromatic rings. The molecular formula is C20H22N2O. The van der Waals surface area contributed by atoms with Gasteiger partial charge in [-0.1, -0.05) is 25.1 Å². The standard InChI is InChI=1S/C20H22N2O/c1-3-13-4-9-18-17(12-13)16-10-11-21-19(20(16)22-18)14-5-7-15(23-2)8-6-14/h4-9,12,19,21-22H,3,10-11H2,1-2H3. The molecule has 0 aliphatic carbocycles. The first-order valence-corrected chi connectivity index (χ1v) is 8.31. The predicted octanol–water partition coefficient (Wildman–Crippen LogP) is 3.97. The van der Waals surface area contributed by atoms with E-state index in [2.05, 4.69) is 47.6 Å². The first-order chi connectivity index (χ1) is 11.3. The van der Waals surface area contributed by atoms with Crippen LogP contribution in [0.4, 0.5) is 0 Å². The van der Waals surface area contributed by atoms with E-state index >= 15 is 0 Å². The Balaban J connectivity index is 1.81. The Hall–Kier alpha value is -2.26. The summed E-state index contributed by atoms with van der Waals surface area (Å²) in [5.74, 6) is 0.897. The molecule has 1 atom stereocenters. The molecule has 1 aromatic heterocycles. The number of benzene rings is 2. The second kappa shape index (κ2) is 5.74. The normalized spacial score (nSPS) is 17.2. The molecule has 1 aliphatic heterocycles. The SMILES string of the molecule is CCc1ccc2[nH]c3c(c2c1)CCNC3c1ccc(OC)cc1. The number of methoxy groups -OCH3 is 1. The molecule has 0 amide bonds. The van der Waals surface area contributed by atoms with E-state index in [0.29, 0.717) is 0 Å². The van der Waals surface area contributed by atoms with Gasteiger partial charge in [0.1, 0.15) is 5.75 Å². The van der Waals surface area contributed by atoms with Crippen LogP contribution in [0.2, 0.25) is 0 Å². The minimum atomic E-state index is 0.224. The van der Waals surface area contributed by atoms with Crippen LogP contribution in [-0.4, -0.2) is 18.6 Å². The second-order valence-electron chi connectivity index (χ2n) is 6.16. The van der Waals surface area contributed by atoms with Crippen molar-refractivity contribution in [2.24, 2.45) is 0 Å². The number of aromatic amines is 1.